The van der Waals surface area contributed by atoms with Gasteiger partial charge < -0.3 is 19.7 Å². The summed E-state index contributed by atoms with van der Waals surface area (Å²) in [5, 5.41) is 3.38. The van der Waals surface area contributed by atoms with Crippen molar-refractivity contribution in [1.29, 1.82) is 0 Å². The van der Waals surface area contributed by atoms with Gasteiger partial charge in [0.15, 0.2) is 5.82 Å². The first kappa shape index (κ1) is 27.0. The third kappa shape index (κ3) is 6.10. The molecule has 3 fully saturated rings. The highest BCUT2D eigenvalue weighted by Crippen LogP contribution is 2.35. The fourth-order valence-electron chi connectivity index (χ4n) is 5.61. The molecule has 3 heterocycles. The molecule has 6 rings (SSSR count). The zero-order chi connectivity index (χ0) is 27.7. The third-order valence-corrected chi connectivity index (χ3v) is 8.29. The highest BCUT2D eigenvalue weighted by molar-refractivity contribution is 5.81. The maximum Gasteiger partial charge on any atom is 0.296 e. The number of benzene rings is 1. The van der Waals surface area contributed by atoms with E-state index in [-0.39, 0.29) is 23.3 Å². The lowest BCUT2D eigenvalue weighted by Crippen LogP contribution is -2.37. The van der Waals surface area contributed by atoms with Crippen molar-refractivity contribution >= 4 is 22.8 Å². The minimum Gasteiger partial charge on any atom is -0.474 e. The van der Waals surface area contributed by atoms with E-state index in [2.05, 4.69) is 22.2 Å². The molecule has 2 aliphatic carbocycles. The molecule has 1 aliphatic heterocycles. The van der Waals surface area contributed by atoms with Crippen LogP contribution in [0.4, 0.5) is 14.7 Å². The van der Waals surface area contributed by atoms with Crippen molar-refractivity contribution in [3.05, 3.63) is 36.2 Å². The third-order valence-electron chi connectivity index (χ3n) is 8.29. The Balaban J connectivity index is 1.20. The highest BCUT2D eigenvalue weighted by Gasteiger charge is 2.37. The first-order chi connectivity index (χ1) is 19.4. The number of ketones is 1. The normalized spacial score (nSPS) is 22.6. The summed E-state index contributed by atoms with van der Waals surface area (Å²) in [4.78, 5) is 28.0. The quantitative estimate of drug-likeness (QED) is 0.388. The van der Waals surface area contributed by atoms with E-state index in [0.717, 1.165) is 38.5 Å². The molecule has 1 saturated heterocycles. The number of ether oxygens (including phenoxy) is 2. The van der Waals surface area contributed by atoms with E-state index in [1.165, 1.54) is 4.57 Å². The van der Waals surface area contributed by atoms with Gasteiger partial charge in [-0.1, -0.05) is 12.1 Å². The van der Waals surface area contributed by atoms with E-state index in [0.29, 0.717) is 73.9 Å². The molecular weight excluding hydrogens is 518 g/mol. The van der Waals surface area contributed by atoms with Crippen molar-refractivity contribution < 1.29 is 23.0 Å². The van der Waals surface area contributed by atoms with Crippen LogP contribution in [0.25, 0.3) is 16.9 Å². The van der Waals surface area contributed by atoms with Crippen LogP contribution >= 0.6 is 0 Å². The first-order valence-electron chi connectivity index (χ1n) is 14.3. The molecule has 0 atom stereocenters. The standard InChI is InChI=1S/C29H36F2N6O3/c1-29(10-11-29)32-18-20(38)16-19-6-8-21(9-7-19)40-25-17-24(34-28(35-25)36-12-14-39-15-13-36)37-23-5-3-2-4-22(23)33-27(37)26(30)31/h2-5,17,19,21,26,32H,6-16,18H2,1H3. The SMILES string of the molecule is CC1(NCC(=O)CC2CCC(Oc3cc(-n4c(C(F)F)nc5ccccc54)nc(N4CCOCC4)n3)CC2)CC1. The lowest BCUT2D eigenvalue weighted by atomic mass is 9.84. The molecule has 0 spiro atoms. The first-order valence-corrected chi connectivity index (χ1v) is 14.3. The average molecular weight is 555 g/mol. The number of alkyl halides is 2. The van der Waals surface area contributed by atoms with Gasteiger partial charge in [-0.25, -0.2) is 13.8 Å². The molecule has 0 bridgehead atoms. The summed E-state index contributed by atoms with van der Waals surface area (Å²) in [7, 11) is 0. The zero-order valence-electron chi connectivity index (χ0n) is 22.8. The number of nitrogens with one attached hydrogen (secondary N) is 1. The largest absolute Gasteiger partial charge is 0.474 e. The molecule has 0 radical (unpaired) electrons. The van der Waals surface area contributed by atoms with Gasteiger partial charge in [0.25, 0.3) is 6.43 Å². The van der Waals surface area contributed by atoms with Gasteiger partial charge in [-0.15, -0.1) is 0 Å². The number of aromatic nitrogens is 4. The Hall–Kier alpha value is -3.18. The van der Waals surface area contributed by atoms with Crippen molar-refractivity contribution in [1.82, 2.24) is 24.8 Å². The summed E-state index contributed by atoms with van der Waals surface area (Å²) in [5.74, 6) is 1.34. The van der Waals surface area contributed by atoms with Crippen LogP contribution in [0.2, 0.25) is 0 Å². The van der Waals surface area contributed by atoms with Crippen LogP contribution in [0.5, 0.6) is 5.88 Å². The van der Waals surface area contributed by atoms with E-state index in [4.69, 9.17) is 14.5 Å². The van der Waals surface area contributed by atoms with Gasteiger partial charge in [-0.2, -0.15) is 9.97 Å². The van der Waals surface area contributed by atoms with Crippen molar-refractivity contribution in [2.24, 2.45) is 5.92 Å². The maximum atomic E-state index is 14.1. The molecule has 1 N–H and O–H groups in total. The lowest BCUT2D eigenvalue weighted by Gasteiger charge is -2.30. The van der Waals surface area contributed by atoms with Gasteiger partial charge in [0.2, 0.25) is 11.8 Å². The van der Waals surface area contributed by atoms with E-state index in [1.54, 1.807) is 30.3 Å². The molecule has 2 aromatic heterocycles. The Bertz CT molecular complexity index is 1350. The van der Waals surface area contributed by atoms with Crippen molar-refractivity contribution in [3.63, 3.8) is 0 Å². The number of para-hydroxylation sites is 2. The molecule has 3 aliphatic rings. The highest BCUT2D eigenvalue weighted by atomic mass is 19.3. The van der Waals surface area contributed by atoms with Gasteiger partial charge >= 0.3 is 0 Å². The van der Waals surface area contributed by atoms with Gasteiger partial charge in [0, 0.05) is 31.1 Å². The second-order valence-corrected chi connectivity index (χ2v) is 11.5. The topological polar surface area (TPSA) is 94.4 Å². The summed E-state index contributed by atoms with van der Waals surface area (Å²) >= 11 is 0. The number of rotatable bonds is 10. The summed E-state index contributed by atoms with van der Waals surface area (Å²) in [6.07, 6.45) is 3.47. The molecule has 214 valence electrons. The van der Waals surface area contributed by atoms with Crippen LogP contribution in [0.3, 0.4) is 0 Å². The summed E-state index contributed by atoms with van der Waals surface area (Å²) in [5.41, 5.74) is 1.18. The Morgan fingerprint density at radius 2 is 1.88 bits per heavy atom. The Labute approximate surface area is 232 Å². The average Bonchev–Trinajstić information content (AvgIpc) is 3.57. The molecule has 1 aromatic carbocycles. The predicted molar refractivity (Wildman–Crippen MR) is 146 cm³/mol. The number of hydrogen-bond acceptors (Lipinski definition) is 8. The van der Waals surface area contributed by atoms with E-state index >= 15 is 0 Å². The van der Waals surface area contributed by atoms with Crippen molar-refractivity contribution in [2.75, 3.05) is 37.7 Å². The molecule has 3 aromatic rings. The number of imidazole rings is 1. The molecule has 11 heteroatoms. The van der Waals surface area contributed by atoms with Gasteiger partial charge in [-0.05, 0) is 63.5 Å². The number of anilines is 1. The minimum atomic E-state index is -2.78. The number of halogens is 2. The van der Waals surface area contributed by atoms with E-state index in [1.807, 2.05) is 4.90 Å². The molecule has 40 heavy (non-hydrogen) atoms. The second-order valence-electron chi connectivity index (χ2n) is 11.5. The molecular formula is C29H36F2N6O3. The van der Waals surface area contributed by atoms with Crippen molar-refractivity contribution in [3.8, 4) is 11.7 Å². The lowest BCUT2D eigenvalue weighted by molar-refractivity contribution is -0.119. The monoisotopic (exact) mass is 554 g/mol. The summed E-state index contributed by atoms with van der Waals surface area (Å²) in [6.45, 7) is 4.89. The van der Waals surface area contributed by atoms with Crippen LogP contribution in [0, 0.1) is 5.92 Å². The number of carbonyl (C=O) groups is 1. The van der Waals surface area contributed by atoms with E-state index in [9.17, 15) is 13.6 Å². The summed E-state index contributed by atoms with van der Waals surface area (Å²) in [6, 6.07) is 8.67. The number of fused-ring (bicyclic) bond motifs is 1. The smallest absolute Gasteiger partial charge is 0.296 e. The fourth-order valence-corrected chi connectivity index (χ4v) is 5.61. The minimum absolute atomic E-state index is 0.0655. The molecule has 0 amide bonds. The van der Waals surface area contributed by atoms with Crippen LogP contribution in [-0.4, -0.2) is 69.8 Å². The van der Waals surface area contributed by atoms with E-state index < -0.39 is 6.43 Å². The molecule has 2 saturated carbocycles. The number of carbonyl (C=O) groups excluding carboxylic acids is 1. The zero-order valence-corrected chi connectivity index (χ0v) is 22.8. The number of hydrogen-bond donors (Lipinski definition) is 1. The second kappa shape index (κ2) is 11.4. The number of nitrogens with zero attached hydrogens (tertiary/aromatic N) is 5. The number of Topliss-reactive ketones (excluding diaryl/α,β-unsaturated/α-hetero) is 1. The Morgan fingerprint density at radius 3 is 2.60 bits per heavy atom. The van der Waals surface area contributed by atoms with Crippen molar-refractivity contribution in [2.45, 2.75) is 69.9 Å². The van der Waals surface area contributed by atoms with Gasteiger partial charge in [0.1, 0.15) is 17.7 Å². The molecule has 0 unspecified atom stereocenters. The Kier molecular flexibility index (Phi) is 7.67. The van der Waals surface area contributed by atoms with Crippen LogP contribution in [-0.2, 0) is 9.53 Å². The summed E-state index contributed by atoms with van der Waals surface area (Å²) < 4.78 is 41.5. The predicted octanol–water partition coefficient (Wildman–Crippen LogP) is 4.63. The maximum absolute atomic E-state index is 14.1. The number of morpholine rings is 1. The van der Waals surface area contributed by atoms with Crippen LogP contribution in [0.15, 0.2) is 30.3 Å². The molecule has 9 nitrogen and oxygen atoms in total. The fraction of sp³-hybridized carbons (Fsp3) is 0.586. The van der Waals surface area contributed by atoms with Gasteiger partial charge in [0.05, 0.1) is 30.8 Å². The van der Waals surface area contributed by atoms with Crippen LogP contribution in [0.1, 0.15) is 64.1 Å². The Morgan fingerprint density at radius 1 is 1.12 bits per heavy atom. The van der Waals surface area contributed by atoms with Gasteiger partial charge in [-0.3, -0.25) is 9.36 Å². The van der Waals surface area contributed by atoms with Crippen LogP contribution < -0.4 is 15.0 Å².